The molecule has 1 amide bonds. The third-order valence-corrected chi connectivity index (χ3v) is 7.90. The summed E-state index contributed by atoms with van der Waals surface area (Å²) < 4.78 is 36.0. The molecule has 0 bridgehead atoms. The molecule has 2 aliphatic heterocycles. The summed E-state index contributed by atoms with van der Waals surface area (Å²) in [6.45, 7) is 4.23. The van der Waals surface area contributed by atoms with Crippen molar-refractivity contribution in [2.24, 2.45) is 0 Å². The second kappa shape index (κ2) is 7.48. The number of aryl methyl sites for hydroxylation is 1. The number of benzene rings is 2. The van der Waals surface area contributed by atoms with Gasteiger partial charge in [0, 0.05) is 6.04 Å². The van der Waals surface area contributed by atoms with Gasteiger partial charge in [0.1, 0.15) is 11.3 Å². The zero-order chi connectivity index (χ0) is 22.6. The van der Waals surface area contributed by atoms with Crippen LogP contribution in [-0.2, 0) is 9.84 Å². The third kappa shape index (κ3) is 3.30. The number of fused-ring (bicyclic) bond motifs is 2. The Kier molecular flexibility index (Phi) is 4.85. The normalized spacial score (nSPS) is 21.8. The van der Waals surface area contributed by atoms with E-state index in [1.807, 2.05) is 26.0 Å². The van der Waals surface area contributed by atoms with Crippen LogP contribution >= 0.6 is 0 Å². The molecule has 8 heteroatoms. The highest BCUT2D eigenvalue weighted by Gasteiger charge is 2.48. The average molecular weight is 454 g/mol. The molecule has 0 aliphatic carbocycles. The number of nitrogens with zero attached hydrogens (tertiary/aromatic N) is 1. The molecule has 7 nitrogen and oxygen atoms in total. The molecule has 166 valence electrons. The van der Waals surface area contributed by atoms with Gasteiger partial charge in [-0.15, -0.1) is 0 Å². The summed E-state index contributed by atoms with van der Waals surface area (Å²) in [5.41, 5.74) is 1.92. The van der Waals surface area contributed by atoms with E-state index in [9.17, 15) is 18.0 Å². The van der Waals surface area contributed by atoms with E-state index in [1.165, 1.54) is 4.90 Å². The summed E-state index contributed by atoms with van der Waals surface area (Å²) in [6.07, 6.45) is 0.330. The van der Waals surface area contributed by atoms with E-state index in [4.69, 9.17) is 9.15 Å². The first-order valence-corrected chi connectivity index (χ1v) is 12.4. The molecule has 5 rings (SSSR count). The quantitative estimate of drug-likeness (QED) is 0.602. The van der Waals surface area contributed by atoms with E-state index >= 15 is 0 Å². The van der Waals surface area contributed by atoms with Crippen LogP contribution in [0.25, 0.3) is 11.0 Å². The highest BCUT2D eigenvalue weighted by atomic mass is 32.2. The number of hydrogen-bond acceptors (Lipinski definition) is 6. The van der Waals surface area contributed by atoms with E-state index in [-0.39, 0.29) is 28.3 Å². The lowest BCUT2D eigenvalue weighted by atomic mass is 9.97. The standard InChI is InChI=1S/C24H23NO6S/c1-3-30-17-6-4-5-15(12-17)21-20-22(26)18-11-14(2)7-8-19(18)31-23(20)24(27)25(21)16-9-10-32(28,29)13-16/h4-8,11-12,16,21H,3,9-10,13H2,1-2H3. The van der Waals surface area contributed by atoms with Crippen molar-refractivity contribution in [3.8, 4) is 5.75 Å². The van der Waals surface area contributed by atoms with Gasteiger partial charge in [-0.2, -0.15) is 0 Å². The SMILES string of the molecule is CCOc1cccc(C2c3c(oc4ccc(C)cc4c3=O)C(=O)N2C2CCS(=O)(=O)C2)c1. The van der Waals surface area contributed by atoms with Crippen LogP contribution in [0.1, 0.15) is 46.6 Å². The van der Waals surface area contributed by atoms with Crippen LogP contribution in [0.4, 0.5) is 0 Å². The molecular formula is C24H23NO6S. The second-order valence-electron chi connectivity index (χ2n) is 8.35. The Morgan fingerprint density at radius 3 is 2.69 bits per heavy atom. The van der Waals surface area contributed by atoms with Crippen molar-refractivity contribution in [3.05, 3.63) is 75.1 Å². The average Bonchev–Trinajstić information content (AvgIpc) is 3.26. The Bertz CT molecular complexity index is 1410. The largest absolute Gasteiger partial charge is 0.494 e. The lowest BCUT2D eigenvalue weighted by molar-refractivity contribution is 0.0662. The van der Waals surface area contributed by atoms with Crippen LogP contribution in [-0.4, -0.2) is 43.4 Å². The minimum atomic E-state index is -3.25. The Hall–Kier alpha value is -3.13. The molecule has 1 fully saturated rings. The van der Waals surface area contributed by atoms with Crippen molar-refractivity contribution in [2.45, 2.75) is 32.4 Å². The van der Waals surface area contributed by atoms with Crippen molar-refractivity contribution < 1.29 is 22.4 Å². The minimum absolute atomic E-state index is 0.0116. The molecule has 0 saturated carbocycles. The molecule has 0 radical (unpaired) electrons. The highest BCUT2D eigenvalue weighted by Crippen LogP contribution is 2.42. The molecule has 3 heterocycles. The Morgan fingerprint density at radius 1 is 1.16 bits per heavy atom. The maximum absolute atomic E-state index is 13.6. The van der Waals surface area contributed by atoms with Gasteiger partial charge in [-0.3, -0.25) is 9.59 Å². The predicted molar refractivity (Wildman–Crippen MR) is 120 cm³/mol. The number of carbonyl (C=O) groups is 1. The Morgan fingerprint density at radius 2 is 1.97 bits per heavy atom. The van der Waals surface area contributed by atoms with Crippen molar-refractivity contribution in [1.29, 1.82) is 0 Å². The van der Waals surface area contributed by atoms with Gasteiger partial charge in [-0.05, 0) is 50.1 Å². The van der Waals surface area contributed by atoms with Crippen molar-refractivity contribution in [3.63, 3.8) is 0 Å². The van der Waals surface area contributed by atoms with Crippen LogP contribution in [0, 0.1) is 6.92 Å². The number of amides is 1. The van der Waals surface area contributed by atoms with Gasteiger partial charge >= 0.3 is 0 Å². The van der Waals surface area contributed by atoms with E-state index in [1.54, 1.807) is 30.3 Å². The molecule has 2 unspecified atom stereocenters. The fourth-order valence-corrected chi connectivity index (χ4v) is 6.46. The maximum Gasteiger partial charge on any atom is 0.291 e. The molecule has 32 heavy (non-hydrogen) atoms. The topological polar surface area (TPSA) is 93.9 Å². The first-order valence-electron chi connectivity index (χ1n) is 10.6. The molecule has 2 aliphatic rings. The van der Waals surface area contributed by atoms with Gasteiger partial charge in [0.25, 0.3) is 5.91 Å². The fourth-order valence-electron chi connectivity index (χ4n) is 4.74. The summed E-state index contributed by atoms with van der Waals surface area (Å²) in [4.78, 5) is 28.7. The van der Waals surface area contributed by atoms with Crippen LogP contribution in [0.2, 0.25) is 0 Å². The number of sulfone groups is 1. The monoisotopic (exact) mass is 453 g/mol. The van der Waals surface area contributed by atoms with E-state index < -0.39 is 27.8 Å². The van der Waals surface area contributed by atoms with E-state index in [0.717, 1.165) is 5.56 Å². The molecule has 0 spiro atoms. The molecule has 1 aromatic heterocycles. The summed E-state index contributed by atoms with van der Waals surface area (Å²) in [6, 6.07) is 11.2. The van der Waals surface area contributed by atoms with Crippen LogP contribution in [0.15, 0.2) is 51.7 Å². The minimum Gasteiger partial charge on any atom is -0.494 e. The zero-order valence-electron chi connectivity index (χ0n) is 17.8. The van der Waals surface area contributed by atoms with Crippen molar-refractivity contribution in [1.82, 2.24) is 4.90 Å². The van der Waals surface area contributed by atoms with Gasteiger partial charge in [0.2, 0.25) is 5.76 Å². The summed E-state index contributed by atoms with van der Waals surface area (Å²) >= 11 is 0. The van der Waals surface area contributed by atoms with Gasteiger partial charge in [-0.25, -0.2) is 8.42 Å². The molecular weight excluding hydrogens is 430 g/mol. The molecule has 2 aromatic carbocycles. The summed E-state index contributed by atoms with van der Waals surface area (Å²) in [5.74, 6) is 0.0506. The predicted octanol–water partition coefficient (Wildman–Crippen LogP) is 3.23. The van der Waals surface area contributed by atoms with E-state index in [2.05, 4.69) is 0 Å². The van der Waals surface area contributed by atoms with Gasteiger partial charge in [0.05, 0.1) is 35.1 Å². The second-order valence-corrected chi connectivity index (χ2v) is 10.6. The fraction of sp³-hybridized carbons (Fsp3) is 0.333. The first kappa shape index (κ1) is 20.8. The number of ether oxygens (including phenoxy) is 1. The smallest absolute Gasteiger partial charge is 0.291 e. The molecule has 0 N–H and O–H groups in total. The lowest BCUT2D eigenvalue weighted by Crippen LogP contribution is -2.40. The number of rotatable bonds is 4. The maximum atomic E-state index is 13.6. The van der Waals surface area contributed by atoms with Crippen molar-refractivity contribution >= 4 is 26.7 Å². The first-order chi connectivity index (χ1) is 15.3. The zero-order valence-corrected chi connectivity index (χ0v) is 18.6. The number of hydrogen-bond donors (Lipinski definition) is 0. The molecule has 1 saturated heterocycles. The summed E-state index contributed by atoms with van der Waals surface area (Å²) in [7, 11) is -3.25. The van der Waals surface area contributed by atoms with Crippen LogP contribution in [0.5, 0.6) is 5.75 Å². The van der Waals surface area contributed by atoms with Gasteiger partial charge < -0.3 is 14.1 Å². The molecule has 3 aromatic rings. The lowest BCUT2D eigenvalue weighted by Gasteiger charge is -2.30. The van der Waals surface area contributed by atoms with Gasteiger partial charge in [-0.1, -0.05) is 23.8 Å². The third-order valence-electron chi connectivity index (χ3n) is 6.15. The highest BCUT2D eigenvalue weighted by molar-refractivity contribution is 7.91. The van der Waals surface area contributed by atoms with Crippen LogP contribution < -0.4 is 10.2 Å². The molecule has 2 atom stereocenters. The van der Waals surface area contributed by atoms with Gasteiger partial charge in [0.15, 0.2) is 15.3 Å². The van der Waals surface area contributed by atoms with Crippen molar-refractivity contribution in [2.75, 3.05) is 18.1 Å². The number of carbonyl (C=O) groups excluding carboxylic acids is 1. The Labute approximate surface area is 185 Å². The Balaban J connectivity index is 1.75. The van der Waals surface area contributed by atoms with E-state index in [0.29, 0.717) is 35.3 Å². The van der Waals surface area contributed by atoms with Crippen LogP contribution in [0.3, 0.4) is 0 Å². The summed E-state index contributed by atoms with van der Waals surface area (Å²) in [5, 5.41) is 0.406.